The van der Waals surface area contributed by atoms with E-state index in [4.69, 9.17) is 0 Å². The maximum atomic E-state index is 12.4. The summed E-state index contributed by atoms with van der Waals surface area (Å²) in [6.45, 7) is 7.30. The predicted molar refractivity (Wildman–Crippen MR) is 98.4 cm³/mol. The molecule has 2 aromatic carbocycles. The van der Waals surface area contributed by atoms with Crippen LogP contribution in [0.3, 0.4) is 0 Å². The summed E-state index contributed by atoms with van der Waals surface area (Å²) in [5.41, 5.74) is 4.51. The second-order valence-electron chi connectivity index (χ2n) is 5.94. The van der Waals surface area contributed by atoms with Gasteiger partial charge in [0.2, 0.25) is 11.8 Å². The van der Waals surface area contributed by atoms with Crippen LogP contribution in [0.15, 0.2) is 42.5 Å². The quantitative estimate of drug-likeness (QED) is 0.785. The third-order valence-corrected chi connectivity index (χ3v) is 3.60. The second-order valence-corrected chi connectivity index (χ2v) is 5.94. The lowest BCUT2D eigenvalue weighted by atomic mass is 10.1. The predicted octanol–water partition coefficient (Wildman–Crippen LogP) is 3.70. The monoisotopic (exact) mass is 325 g/mol. The zero-order valence-corrected chi connectivity index (χ0v) is 14.4. The molecule has 5 heteroatoms. The molecule has 0 radical (unpaired) electrons. The molecule has 0 spiro atoms. The molecule has 2 aromatic rings. The lowest BCUT2D eigenvalue weighted by Crippen LogP contribution is -2.32. The van der Waals surface area contributed by atoms with Gasteiger partial charge in [-0.1, -0.05) is 23.8 Å². The molecule has 1 atom stereocenters. The molecule has 0 aliphatic heterocycles. The molecule has 1 unspecified atom stereocenters. The minimum atomic E-state index is -0.393. The molecule has 0 aliphatic rings. The second kappa shape index (κ2) is 7.64. The Labute approximate surface area is 142 Å². The number of rotatable bonds is 5. The Kier molecular flexibility index (Phi) is 5.58. The van der Waals surface area contributed by atoms with E-state index in [-0.39, 0.29) is 11.8 Å². The Morgan fingerprint density at radius 3 is 2.25 bits per heavy atom. The summed E-state index contributed by atoms with van der Waals surface area (Å²) in [5.74, 6) is -0.293. The van der Waals surface area contributed by atoms with Crippen molar-refractivity contribution in [3.8, 4) is 0 Å². The fourth-order valence-electron chi connectivity index (χ4n) is 2.40. The fraction of sp³-hybridized carbons (Fsp3) is 0.263. The average Bonchev–Trinajstić information content (AvgIpc) is 2.49. The SMILES string of the molecule is CC(=O)Nc1cccc(NC(=O)C(C)Nc2ccc(C)cc2C)c1. The molecular weight excluding hydrogens is 302 g/mol. The van der Waals surface area contributed by atoms with E-state index < -0.39 is 6.04 Å². The number of hydrogen-bond acceptors (Lipinski definition) is 3. The van der Waals surface area contributed by atoms with Crippen LogP contribution in [-0.2, 0) is 9.59 Å². The normalized spacial score (nSPS) is 11.5. The van der Waals surface area contributed by atoms with E-state index in [1.165, 1.54) is 12.5 Å². The van der Waals surface area contributed by atoms with Crippen LogP contribution in [0.2, 0.25) is 0 Å². The van der Waals surface area contributed by atoms with Gasteiger partial charge in [0, 0.05) is 24.0 Å². The third-order valence-electron chi connectivity index (χ3n) is 3.60. The van der Waals surface area contributed by atoms with Crippen LogP contribution in [0, 0.1) is 13.8 Å². The van der Waals surface area contributed by atoms with Gasteiger partial charge in [-0.2, -0.15) is 0 Å². The van der Waals surface area contributed by atoms with Crippen molar-refractivity contribution >= 4 is 28.9 Å². The molecule has 0 fully saturated rings. The molecule has 24 heavy (non-hydrogen) atoms. The first-order chi connectivity index (χ1) is 11.3. The van der Waals surface area contributed by atoms with Crippen molar-refractivity contribution in [3.63, 3.8) is 0 Å². The molecule has 126 valence electrons. The van der Waals surface area contributed by atoms with Crippen molar-refractivity contribution in [2.24, 2.45) is 0 Å². The van der Waals surface area contributed by atoms with Gasteiger partial charge >= 0.3 is 0 Å². The van der Waals surface area contributed by atoms with Crippen LogP contribution in [0.5, 0.6) is 0 Å². The van der Waals surface area contributed by atoms with Gasteiger partial charge in [0.25, 0.3) is 0 Å². The highest BCUT2D eigenvalue weighted by molar-refractivity contribution is 5.97. The van der Waals surface area contributed by atoms with Crippen LogP contribution in [0.4, 0.5) is 17.1 Å². The van der Waals surface area contributed by atoms with E-state index in [1.54, 1.807) is 24.3 Å². The lowest BCUT2D eigenvalue weighted by Gasteiger charge is -2.17. The van der Waals surface area contributed by atoms with Crippen molar-refractivity contribution < 1.29 is 9.59 Å². The molecule has 2 rings (SSSR count). The van der Waals surface area contributed by atoms with Crippen LogP contribution in [0.25, 0.3) is 0 Å². The van der Waals surface area contributed by atoms with Crippen molar-refractivity contribution in [3.05, 3.63) is 53.6 Å². The molecule has 0 aromatic heterocycles. The number of amides is 2. The van der Waals surface area contributed by atoms with Crippen LogP contribution >= 0.6 is 0 Å². The zero-order chi connectivity index (χ0) is 17.7. The number of carbonyl (C=O) groups excluding carboxylic acids is 2. The number of hydrogen-bond donors (Lipinski definition) is 3. The number of anilines is 3. The molecule has 0 saturated heterocycles. The average molecular weight is 325 g/mol. The Balaban J connectivity index is 2.02. The number of nitrogens with one attached hydrogen (secondary N) is 3. The van der Waals surface area contributed by atoms with Crippen LogP contribution < -0.4 is 16.0 Å². The highest BCUT2D eigenvalue weighted by Crippen LogP contribution is 2.18. The third kappa shape index (κ3) is 4.84. The van der Waals surface area contributed by atoms with Gasteiger partial charge in [0.05, 0.1) is 0 Å². The molecule has 5 nitrogen and oxygen atoms in total. The lowest BCUT2D eigenvalue weighted by molar-refractivity contribution is -0.116. The molecule has 3 N–H and O–H groups in total. The molecule has 0 saturated carbocycles. The fourth-order valence-corrected chi connectivity index (χ4v) is 2.40. The molecule has 2 amide bonds. The summed E-state index contributed by atoms with van der Waals surface area (Å²) >= 11 is 0. The molecular formula is C19H23N3O2. The van der Waals surface area contributed by atoms with Crippen molar-refractivity contribution in [1.29, 1.82) is 0 Å². The Morgan fingerprint density at radius 1 is 0.958 bits per heavy atom. The number of aryl methyl sites for hydroxylation is 2. The summed E-state index contributed by atoms with van der Waals surface area (Å²) in [6.07, 6.45) is 0. The first-order valence-electron chi connectivity index (χ1n) is 7.87. The van der Waals surface area contributed by atoms with Gasteiger partial charge < -0.3 is 16.0 Å². The standard InChI is InChI=1S/C19H23N3O2/c1-12-8-9-18(13(2)10-12)20-14(3)19(24)22-17-7-5-6-16(11-17)21-15(4)23/h5-11,14,20H,1-4H3,(H,21,23)(H,22,24). The van der Waals surface area contributed by atoms with Gasteiger partial charge in [-0.3, -0.25) is 9.59 Å². The van der Waals surface area contributed by atoms with E-state index >= 15 is 0 Å². The van der Waals surface area contributed by atoms with Crippen molar-refractivity contribution in [1.82, 2.24) is 0 Å². The first-order valence-corrected chi connectivity index (χ1v) is 7.87. The van der Waals surface area contributed by atoms with E-state index in [1.807, 2.05) is 32.9 Å². The van der Waals surface area contributed by atoms with E-state index in [2.05, 4.69) is 22.0 Å². The minimum absolute atomic E-state index is 0.144. The van der Waals surface area contributed by atoms with Crippen LogP contribution in [0.1, 0.15) is 25.0 Å². The van der Waals surface area contributed by atoms with Gasteiger partial charge in [-0.25, -0.2) is 0 Å². The molecule has 0 bridgehead atoms. The highest BCUT2D eigenvalue weighted by atomic mass is 16.2. The van der Waals surface area contributed by atoms with Gasteiger partial charge in [-0.15, -0.1) is 0 Å². The Hall–Kier alpha value is -2.82. The Bertz CT molecular complexity index is 756. The summed E-state index contributed by atoms with van der Waals surface area (Å²) < 4.78 is 0. The smallest absolute Gasteiger partial charge is 0.246 e. The van der Waals surface area contributed by atoms with Gasteiger partial charge in [0.1, 0.15) is 6.04 Å². The van der Waals surface area contributed by atoms with Gasteiger partial charge in [0.15, 0.2) is 0 Å². The molecule has 0 heterocycles. The largest absolute Gasteiger partial charge is 0.374 e. The van der Waals surface area contributed by atoms with Crippen molar-refractivity contribution in [2.45, 2.75) is 33.7 Å². The number of benzene rings is 2. The topological polar surface area (TPSA) is 70.2 Å². The van der Waals surface area contributed by atoms with E-state index in [0.29, 0.717) is 11.4 Å². The summed E-state index contributed by atoms with van der Waals surface area (Å²) in [4.78, 5) is 23.5. The summed E-state index contributed by atoms with van der Waals surface area (Å²) in [6, 6.07) is 12.7. The highest BCUT2D eigenvalue weighted by Gasteiger charge is 2.14. The van der Waals surface area contributed by atoms with E-state index in [9.17, 15) is 9.59 Å². The van der Waals surface area contributed by atoms with Crippen molar-refractivity contribution in [2.75, 3.05) is 16.0 Å². The van der Waals surface area contributed by atoms with Gasteiger partial charge in [-0.05, 0) is 50.6 Å². The Morgan fingerprint density at radius 2 is 1.62 bits per heavy atom. The van der Waals surface area contributed by atoms with Crippen LogP contribution in [-0.4, -0.2) is 17.9 Å². The number of carbonyl (C=O) groups is 2. The minimum Gasteiger partial charge on any atom is -0.374 e. The first kappa shape index (κ1) is 17.5. The zero-order valence-electron chi connectivity index (χ0n) is 14.4. The van der Waals surface area contributed by atoms with E-state index in [0.717, 1.165) is 11.3 Å². The summed E-state index contributed by atoms with van der Waals surface area (Å²) in [5, 5.41) is 8.77. The maximum absolute atomic E-state index is 12.4. The summed E-state index contributed by atoms with van der Waals surface area (Å²) in [7, 11) is 0. The molecule has 0 aliphatic carbocycles. The maximum Gasteiger partial charge on any atom is 0.246 e.